The van der Waals surface area contributed by atoms with Gasteiger partial charge in [0.15, 0.2) is 0 Å². The molecule has 2 unspecified atom stereocenters. The Morgan fingerprint density at radius 2 is 2.18 bits per heavy atom. The highest BCUT2D eigenvalue weighted by atomic mass is 16.5. The van der Waals surface area contributed by atoms with Crippen molar-refractivity contribution in [1.82, 2.24) is 10.1 Å². The Morgan fingerprint density at radius 3 is 2.91 bits per heavy atom. The molecule has 1 saturated heterocycles. The fraction of sp³-hybridized carbons (Fsp3) is 0.375. The van der Waals surface area contributed by atoms with Gasteiger partial charge in [0.1, 0.15) is 5.69 Å². The quantitative estimate of drug-likeness (QED) is 0.931. The number of ether oxygens (including phenoxy) is 1. The van der Waals surface area contributed by atoms with Crippen molar-refractivity contribution in [3.63, 3.8) is 0 Å². The van der Waals surface area contributed by atoms with Gasteiger partial charge < -0.3 is 19.3 Å². The number of hydrogen-bond donors (Lipinski definition) is 1. The lowest BCUT2D eigenvalue weighted by molar-refractivity contribution is -0.0675. The molecule has 2 heterocycles. The molecular weight excluding hydrogens is 284 g/mol. The summed E-state index contributed by atoms with van der Waals surface area (Å²) < 4.78 is 10.6. The summed E-state index contributed by atoms with van der Waals surface area (Å²) in [5.41, 5.74) is 1.53. The van der Waals surface area contributed by atoms with E-state index in [9.17, 15) is 9.90 Å². The van der Waals surface area contributed by atoms with Crippen molar-refractivity contribution < 1.29 is 19.2 Å². The molecule has 6 nitrogen and oxygen atoms in total. The third-order valence-corrected chi connectivity index (χ3v) is 3.76. The first-order chi connectivity index (χ1) is 10.7. The van der Waals surface area contributed by atoms with E-state index in [1.807, 2.05) is 37.3 Å². The number of rotatable bonds is 3. The Balaban J connectivity index is 1.79. The van der Waals surface area contributed by atoms with Crippen LogP contribution in [0.5, 0.6) is 0 Å². The molecule has 1 aliphatic heterocycles. The molecule has 0 saturated carbocycles. The molecule has 1 aliphatic rings. The van der Waals surface area contributed by atoms with E-state index in [2.05, 4.69) is 5.16 Å². The molecule has 1 aromatic carbocycles. The predicted molar refractivity (Wildman–Crippen MR) is 79.3 cm³/mol. The molecule has 0 spiro atoms. The molecule has 116 valence electrons. The third kappa shape index (κ3) is 2.88. The lowest BCUT2D eigenvalue weighted by atomic mass is 10.1. The maximum absolute atomic E-state index is 12.6. The van der Waals surface area contributed by atoms with Crippen molar-refractivity contribution in [3.8, 4) is 11.3 Å². The van der Waals surface area contributed by atoms with E-state index < -0.39 is 0 Å². The van der Waals surface area contributed by atoms with E-state index in [0.717, 1.165) is 5.56 Å². The average Bonchev–Trinajstić information content (AvgIpc) is 3.05. The highest BCUT2D eigenvalue weighted by Gasteiger charge is 2.31. The summed E-state index contributed by atoms with van der Waals surface area (Å²) in [6, 6.07) is 11.1. The summed E-state index contributed by atoms with van der Waals surface area (Å²) in [4.78, 5) is 14.2. The van der Waals surface area contributed by atoms with Gasteiger partial charge in [0, 0.05) is 18.2 Å². The summed E-state index contributed by atoms with van der Waals surface area (Å²) in [5.74, 6) is -0.0341. The number of morpholine rings is 1. The Bertz CT molecular complexity index is 641. The molecule has 1 aromatic heterocycles. The summed E-state index contributed by atoms with van der Waals surface area (Å²) in [5, 5.41) is 13.2. The van der Waals surface area contributed by atoms with Gasteiger partial charge in [-0.3, -0.25) is 4.79 Å². The first-order valence-corrected chi connectivity index (χ1v) is 7.24. The molecule has 0 radical (unpaired) electrons. The van der Waals surface area contributed by atoms with Crippen LogP contribution in [-0.4, -0.2) is 53.0 Å². The highest BCUT2D eigenvalue weighted by Crippen LogP contribution is 2.21. The minimum absolute atomic E-state index is 0.0689. The molecule has 2 aromatic rings. The molecule has 6 heteroatoms. The van der Waals surface area contributed by atoms with E-state index in [4.69, 9.17) is 9.26 Å². The second-order valence-electron chi connectivity index (χ2n) is 5.39. The molecule has 0 bridgehead atoms. The van der Waals surface area contributed by atoms with Gasteiger partial charge >= 0.3 is 0 Å². The zero-order chi connectivity index (χ0) is 15.5. The van der Waals surface area contributed by atoms with E-state index in [0.29, 0.717) is 18.8 Å². The molecule has 3 rings (SSSR count). The second kappa shape index (κ2) is 6.29. The number of hydrogen-bond acceptors (Lipinski definition) is 5. The molecule has 2 atom stereocenters. The third-order valence-electron chi connectivity index (χ3n) is 3.76. The Hall–Kier alpha value is -2.18. The van der Waals surface area contributed by atoms with Gasteiger partial charge in [0.25, 0.3) is 5.91 Å². The van der Waals surface area contributed by atoms with Gasteiger partial charge in [-0.15, -0.1) is 0 Å². The topological polar surface area (TPSA) is 75.8 Å². The number of benzene rings is 1. The molecule has 0 aliphatic carbocycles. The van der Waals surface area contributed by atoms with Crippen LogP contribution in [0.4, 0.5) is 0 Å². The Labute approximate surface area is 128 Å². The van der Waals surface area contributed by atoms with Crippen molar-refractivity contribution in [2.45, 2.75) is 19.1 Å². The van der Waals surface area contributed by atoms with Gasteiger partial charge in [-0.1, -0.05) is 35.5 Å². The largest absolute Gasteiger partial charge is 0.394 e. The first-order valence-electron chi connectivity index (χ1n) is 7.24. The van der Waals surface area contributed by atoms with Crippen LogP contribution < -0.4 is 0 Å². The molecule has 1 amide bonds. The van der Waals surface area contributed by atoms with Crippen molar-refractivity contribution in [3.05, 3.63) is 42.2 Å². The number of carbonyl (C=O) groups is 1. The smallest absolute Gasteiger partial charge is 0.292 e. The van der Waals surface area contributed by atoms with Crippen molar-refractivity contribution in [1.29, 1.82) is 0 Å². The van der Waals surface area contributed by atoms with E-state index in [1.165, 1.54) is 0 Å². The van der Waals surface area contributed by atoms with Crippen LogP contribution in [-0.2, 0) is 4.74 Å². The number of aromatic nitrogens is 1. The molecule has 22 heavy (non-hydrogen) atoms. The average molecular weight is 302 g/mol. The number of amides is 1. The van der Waals surface area contributed by atoms with Crippen molar-refractivity contribution in [2.75, 3.05) is 19.8 Å². The maximum atomic E-state index is 12.6. The van der Waals surface area contributed by atoms with E-state index in [-0.39, 0.29) is 30.4 Å². The SMILES string of the molecule is CC1COC(CO)CN1C(=O)c1cc(-c2ccccc2)no1. The Kier molecular flexibility index (Phi) is 4.22. The number of nitrogens with zero attached hydrogens (tertiary/aromatic N) is 2. The summed E-state index contributed by atoms with van der Waals surface area (Å²) in [6.45, 7) is 2.54. The zero-order valence-electron chi connectivity index (χ0n) is 12.3. The lowest BCUT2D eigenvalue weighted by Crippen LogP contribution is -2.51. The summed E-state index contributed by atoms with van der Waals surface area (Å²) in [7, 11) is 0. The van der Waals surface area contributed by atoms with Crippen LogP contribution in [0, 0.1) is 0 Å². The van der Waals surface area contributed by atoms with E-state index >= 15 is 0 Å². The van der Waals surface area contributed by atoms with Crippen LogP contribution in [0.15, 0.2) is 40.9 Å². The first kappa shape index (κ1) is 14.7. The van der Waals surface area contributed by atoms with Gasteiger partial charge in [0.05, 0.1) is 25.4 Å². The predicted octanol–water partition coefficient (Wildman–Crippen LogP) is 1.56. The van der Waals surface area contributed by atoms with Crippen LogP contribution >= 0.6 is 0 Å². The standard InChI is InChI=1S/C16H18N2O4/c1-11-10-21-13(9-19)8-18(11)16(20)15-7-14(17-22-15)12-5-3-2-4-6-12/h2-7,11,13,19H,8-10H2,1H3. The minimum atomic E-state index is -0.350. The normalized spacial score (nSPS) is 21.8. The summed E-state index contributed by atoms with van der Waals surface area (Å²) in [6.07, 6.45) is -0.350. The van der Waals surface area contributed by atoms with Crippen LogP contribution in [0.25, 0.3) is 11.3 Å². The Morgan fingerprint density at radius 1 is 1.41 bits per heavy atom. The zero-order valence-corrected chi connectivity index (χ0v) is 12.3. The number of aliphatic hydroxyl groups is 1. The molecule has 1 N–H and O–H groups in total. The van der Waals surface area contributed by atoms with Gasteiger partial charge in [-0.25, -0.2) is 0 Å². The van der Waals surface area contributed by atoms with Crippen LogP contribution in [0.3, 0.4) is 0 Å². The van der Waals surface area contributed by atoms with Gasteiger partial charge in [-0.05, 0) is 6.92 Å². The van der Waals surface area contributed by atoms with Crippen LogP contribution in [0.2, 0.25) is 0 Å². The monoisotopic (exact) mass is 302 g/mol. The lowest BCUT2D eigenvalue weighted by Gasteiger charge is -2.36. The van der Waals surface area contributed by atoms with Gasteiger partial charge in [0.2, 0.25) is 5.76 Å². The van der Waals surface area contributed by atoms with Crippen molar-refractivity contribution >= 4 is 5.91 Å². The van der Waals surface area contributed by atoms with Gasteiger partial charge in [-0.2, -0.15) is 0 Å². The molecular formula is C16H18N2O4. The maximum Gasteiger partial charge on any atom is 0.292 e. The van der Waals surface area contributed by atoms with E-state index in [1.54, 1.807) is 11.0 Å². The van der Waals surface area contributed by atoms with Crippen molar-refractivity contribution in [2.24, 2.45) is 0 Å². The molecule has 1 fully saturated rings. The summed E-state index contributed by atoms with van der Waals surface area (Å²) >= 11 is 0. The fourth-order valence-electron chi connectivity index (χ4n) is 2.47. The fourth-order valence-corrected chi connectivity index (χ4v) is 2.47. The second-order valence-corrected chi connectivity index (χ2v) is 5.39. The minimum Gasteiger partial charge on any atom is -0.394 e. The van der Waals surface area contributed by atoms with Crippen LogP contribution in [0.1, 0.15) is 17.5 Å². The number of aliphatic hydroxyl groups excluding tert-OH is 1. The highest BCUT2D eigenvalue weighted by molar-refractivity contribution is 5.92. The number of carbonyl (C=O) groups excluding carboxylic acids is 1.